The molecule has 0 bridgehead atoms. The summed E-state index contributed by atoms with van der Waals surface area (Å²) in [6, 6.07) is -3.04. The second kappa shape index (κ2) is 3.20. The van der Waals surface area contributed by atoms with E-state index in [-0.39, 0.29) is 0 Å². The van der Waals surface area contributed by atoms with E-state index in [1.807, 2.05) is 0 Å². The largest absolute Gasteiger partial charge is 0.450 e. The van der Waals surface area contributed by atoms with E-state index in [2.05, 4.69) is 4.74 Å². The van der Waals surface area contributed by atoms with Crippen LogP contribution in [0.25, 0.3) is 0 Å². The van der Waals surface area contributed by atoms with E-state index in [9.17, 15) is 39.5 Å². The standard InChI is InChI=1S/C6HF9O/c7-1(8)2(9)16-3-4(10,11)6(14,15)5(3,12)13/h3H. The van der Waals surface area contributed by atoms with Crippen LogP contribution in [0.2, 0.25) is 0 Å². The van der Waals surface area contributed by atoms with Gasteiger partial charge in [0, 0.05) is 0 Å². The predicted molar refractivity (Wildman–Crippen MR) is 30.1 cm³/mol. The second-order valence-electron chi connectivity index (χ2n) is 2.85. The first-order valence-electron chi connectivity index (χ1n) is 3.47. The molecule has 0 aromatic rings. The lowest BCUT2D eigenvalue weighted by atomic mass is 9.80. The maximum absolute atomic E-state index is 12.3. The van der Waals surface area contributed by atoms with Gasteiger partial charge in [-0.3, -0.25) is 0 Å². The summed E-state index contributed by atoms with van der Waals surface area (Å²) in [4.78, 5) is 0. The molecule has 0 saturated heterocycles. The first-order chi connectivity index (χ1) is 6.96. The van der Waals surface area contributed by atoms with Crippen molar-refractivity contribution >= 4 is 0 Å². The highest BCUT2D eigenvalue weighted by Crippen LogP contribution is 2.62. The molecule has 0 aliphatic heterocycles. The lowest BCUT2D eigenvalue weighted by molar-refractivity contribution is -0.450. The van der Waals surface area contributed by atoms with Gasteiger partial charge in [0.15, 0.2) is 0 Å². The minimum Gasteiger partial charge on any atom is -0.450 e. The maximum atomic E-state index is 12.3. The van der Waals surface area contributed by atoms with E-state index in [0.29, 0.717) is 0 Å². The number of rotatable bonds is 2. The smallest absolute Gasteiger partial charge is 0.380 e. The topological polar surface area (TPSA) is 9.23 Å². The number of alkyl halides is 6. The molecular formula is C6HF9O. The van der Waals surface area contributed by atoms with Gasteiger partial charge in [0.05, 0.1) is 0 Å². The van der Waals surface area contributed by atoms with E-state index < -0.39 is 36.0 Å². The molecule has 0 atom stereocenters. The molecule has 0 N–H and O–H groups in total. The van der Waals surface area contributed by atoms with Crippen molar-refractivity contribution in [3.8, 4) is 0 Å². The highest BCUT2D eigenvalue weighted by atomic mass is 19.4. The molecule has 0 spiro atoms. The Morgan fingerprint density at radius 3 is 1.50 bits per heavy atom. The lowest BCUT2D eigenvalue weighted by Crippen LogP contribution is -2.78. The van der Waals surface area contributed by atoms with Crippen LogP contribution in [0, 0.1) is 0 Å². The molecule has 1 rings (SSSR count). The SMILES string of the molecule is FC(F)=C(F)OC1C(F)(F)C(F)(F)C1(F)F. The van der Waals surface area contributed by atoms with Gasteiger partial charge in [0.25, 0.3) is 0 Å². The van der Waals surface area contributed by atoms with Crippen LogP contribution >= 0.6 is 0 Å². The van der Waals surface area contributed by atoms with Crippen molar-refractivity contribution in [2.75, 3.05) is 0 Å². The Hall–Kier alpha value is -1.09. The Kier molecular flexibility index (Phi) is 2.60. The summed E-state index contributed by atoms with van der Waals surface area (Å²) < 4.78 is 111. The van der Waals surface area contributed by atoms with E-state index in [1.54, 1.807) is 0 Å². The highest BCUT2D eigenvalue weighted by molar-refractivity contribution is 5.19. The fourth-order valence-corrected chi connectivity index (χ4v) is 0.997. The second-order valence-corrected chi connectivity index (χ2v) is 2.85. The van der Waals surface area contributed by atoms with E-state index in [4.69, 9.17) is 0 Å². The molecule has 0 aromatic carbocycles. The van der Waals surface area contributed by atoms with E-state index >= 15 is 0 Å². The summed E-state index contributed by atoms with van der Waals surface area (Å²) in [6.45, 7) is 0. The Bertz CT molecular complexity index is 311. The molecule has 1 aliphatic rings. The minimum absolute atomic E-state index is 2.80. The van der Waals surface area contributed by atoms with Crippen LogP contribution in [0.1, 0.15) is 0 Å². The summed E-state index contributed by atoms with van der Waals surface area (Å²) >= 11 is 0. The molecule has 1 aliphatic carbocycles. The average Bonchev–Trinajstić information content (AvgIpc) is 2.11. The Balaban J connectivity index is 2.97. The third kappa shape index (κ3) is 1.34. The van der Waals surface area contributed by atoms with Crippen LogP contribution in [0.5, 0.6) is 0 Å². The van der Waals surface area contributed by atoms with Gasteiger partial charge in [-0.15, -0.1) is 0 Å². The van der Waals surface area contributed by atoms with Gasteiger partial charge in [-0.1, -0.05) is 0 Å². The number of hydrogen-bond donors (Lipinski definition) is 0. The normalized spacial score (nSPS) is 25.8. The van der Waals surface area contributed by atoms with Gasteiger partial charge in [0.1, 0.15) is 0 Å². The van der Waals surface area contributed by atoms with Crippen LogP contribution in [0.15, 0.2) is 12.1 Å². The van der Waals surface area contributed by atoms with Crippen molar-refractivity contribution in [1.29, 1.82) is 0 Å². The summed E-state index contributed by atoms with van der Waals surface area (Å²) in [5.41, 5.74) is 0. The highest BCUT2D eigenvalue weighted by Gasteiger charge is 2.92. The Morgan fingerprint density at radius 2 is 1.19 bits per heavy atom. The Labute approximate surface area is 81.5 Å². The van der Waals surface area contributed by atoms with Gasteiger partial charge in [-0.2, -0.15) is 39.5 Å². The van der Waals surface area contributed by atoms with Crippen molar-refractivity contribution in [1.82, 2.24) is 0 Å². The summed E-state index contributed by atoms with van der Waals surface area (Å²) in [5.74, 6) is -16.6. The number of hydrogen-bond acceptors (Lipinski definition) is 1. The molecule has 1 fully saturated rings. The summed E-state index contributed by atoms with van der Waals surface area (Å²) in [5, 5.41) is 0. The molecule has 10 heteroatoms. The van der Waals surface area contributed by atoms with Gasteiger partial charge in [0.2, 0.25) is 6.10 Å². The van der Waals surface area contributed by atoms with Crippen LogP contribution < -0.4 is 0 Å². The monoisotopic (exact) mass is 260 g/mol. The number of ether oxygens (including phenoxy) is 1. The Morgan fingerprint density at radius 1 is 0.812 bits per heavy atom. The van der Waals surface area contributed by atoms with Gasteiger partial charge in [-0.05, 0) is 0 Å². The van der Waals surface area contributed by atoms with Gasteiger partial charge < -0.3 is 4.74 Å². The third-order valence-electron chi connectivity index (χ3n) is 1.87. The van der Waals surface area contributed by atoms with Crippen molar-refractivity contribution < 1.29 is 44.3 Å². The van der Waals surface area contributed by atoms with E-state index in [1.165, 1.54) is 0 Å². The molecule has 1 nitrogen and oxygen atoms in total. The molecule has 0 unspecified atom stereocenters. The fourth-order valence-electron chi connectivity index (χ4n) is 0.997. The maximum Gasteiger partial charge on any atom is 0.380 e. The molecule has 0 aromatic heterocycles. The van der Waals surface area contributed by atoms with Crippen molar-refractivity contribution in [3.05, 3.63) is 12.1 Å². The molecule has 0 radical (unpaired) electrons. The fraction of sp³-hybridized carbons (Fsp3) is 0.667. The van der Waals surface area contributed by atoms with Crippen molar-refractivity contribution in [3.63, 3.8) is 0 Å². The third-order valence-corrected chi connectivity index (χ3v) is 1.87. The lowest BCUT2D eigenvalue weighted by Gasteiger charge is -2.48. The van der Waals surface area contributed by atoms with Crippen LogP contribution in [-0.4, -0.2) is 23.9 Å². The van der Waals surface area contributed by atoms with Crippen LogP contribution in [-0.2, 0) is 4.74 Å². The molecule has 16 heavy (non-hydrogen) atoms. The predicted octanol–water partition coefficient (Wildman–Crippen LogP) is 3.33. The molecule has 94 valence electrons. The quantitative estimate of drug-likeness (QED) is 0.546. The molecule has 0 heterocycles. The van der Waals surface area contributed by atoms with Gasteiger partial charge >= 0.3 is 29.9 Å². The van der Waals surface area contributed by atoms with Crippen LogP contribution in [0.3, 0.4) is 0 Å². The van der Waals surface area contributed by atoms with Crippen molar-refractivity contribution in [2.24, 2.45) is 0 Å². The molecular weight excluding hydrogens is 259 g/mol. The average molecular weight is 260 g/mol. The first kappa shape index (κ1) is 13.0. The summed E-state index contributed by atoms with van der Waals surface area (Å²) in [6.07, 6.45) is -7.27. The zero-order chi connectivity index (χ0) is 12.9. The first-order valence-corrected chi connectivity index (χ1v) is 3.47. The zero-order valence-electron chi connectivity index (χ0n) is 6.89. The minimum atomic E-state index is -5.77. The zero-order valence-corrected chi connectivity index (χ0v) is 6.89. The van der Waals surface area contributed by atoms with Crippen molar-refractivity contribution in [2.45, 2.75) is 23.9 Å². The van der Waals surface area contributed by atoms with Crippen LogP contribution in [0.4, 0.5) is 39.5 Å². The van der Waals surface area contributed by atoms with E-state index in [0.717, 1.165) is 0 Å². The molecule has 1 saturated carbocycles. The summed E-state index contributed by atoms with van der Waals surface area (Å²) in [7, 11) is 0. The number of halogens is 9. The van der Waals surface area contributed by atoms with Gasteiger partial charge in [-0.25, -0.2) is 0 Å². The molecule has 0 amide bonds.